The number of rotatable bonds is 0. The van der Waals surface area contributed by atoms with Crippen molar-refractivity contribution in [1.29, 1.82) is 0 Å². The van der Waals surface area contributed by atoms with E-state index in [0.717, 1.165) is 0 Å². The molecule has 0 atom stereocenters. The van der Waals surface area contributed by atoms with Crippen molar-refractivity contribution in [2.75, 3.05) is 0 Å². The molecule has 0 rings (SSSR count). The molecule has 7 heavy (non-hydrogen) atoms. The van der Waals surface area contributed by atoms with Crippen LogP contribution >= 0.6 is 0 Å². The molecule has 0 fully saturated rings. The second-order valence-corrected chi connectivity index (χ2v) is 1.31. The molecule has 0 aliphatic carbocycles. The fourth-order valence-corrected chi connectivity index (χ4v) is 0. The molecule has 7 heteroatoms. The van der Waals surface area contributed by atoms with Crippen LogP contribution in [0.1, 0.15) is 0 Å². The maximum Gasteiger partial charge on any atom is -0.870 e. The quantitative estimate of drug-likeness (QED) is 0.369. The minimum atomic E-state index is -3.44. The molecule has 0 aromatic heterocycles. The standard InChI is InChI=1S/AsH2O3.2Na.H2O/c2-1(3)4;;;/h2-3H;;;1H2/q-1;2*+1;/p-1. The SMILES string of the molecule is [Na+].[Na+].[O-][As](O)O.[OH-]. The van der Waals surface area contributed by atoms with Crippen LogP contribution in [0.3, 0.4) is 0 Å². The first-order chi connectivity index (χ1) is 1.73. The van der Waals surface area contributed by atoms with Crippen LogP contribution in [-0.4, -0.2) is 29.3 Å². The summed E-state index contributed by atoms with van der Waals surface area (Å²) in [5.74, 6) is 0. The summed E-state index contributed by atoms with van der Waals surface area (Å²) in [4.78, 5) is 0. The molecule has 0 radical (unpaired) electrons. The molecular weight excluding hydrogens is 185 g/mol. The van der Waals surface area contributed by atoms with Gasteiger partial charge in [-0.25, -0.2) is 0 Å². The summed E-state index contributed by atoms with van der Waals surface area (Å²) < 4.78 is 23.2. The van der Waals surface area contributed by atoms with Gasteiger partial charge in [0, 0.05) is 0 Å². The predicted molar refractivity (Wildman–Crippen MR) is 12.1 cm³/mol. The molecule has 0 aliphatic heterocycles. The maximum atomic E-state index is 8.78. The van der Waals surface area contributed by atoms with E-state index in [-0.39, 0.29) is 64.6 Å². The van der Waals surface area contributed by atoms with Crippen LogP contribution in [0.5, 0.6) is 0 Å². The molecule has 0 bridgehead atoms. The Kier molecular flexibility index (Phi) is 51.3. The van der Waals surface area contributed by atoms with Crippen LogP contribution in [0.15, 0.2) is 0 Å². The maximum absolute atomic E-state index is 8.78. The molecule has 0 amide bonds. The Morgan fingerprint density at radius 3 is 1.14 bits per heavy atom. The third-order valence-electron chi connectivity index (χ3n) is 0. The first-order valence-corrected chi connectivity index (χ1v) is 3.03. The summed E-state index contributed by atoms with van der Waals surface area (Å²) in [5.41, 5.74) is 0. The van der Waals surface area contributed by atoms with E-state index < -0.39 is 15.7 Å². The van der Waals surface area contributed by atoms with E-state index in [0.29, 0.717) is 0 Å². The average Bonchev–Trinajstić information content (AvgIpc) is 0.811. The van der Waals surface area contributed by atoms with E-state index in [1.165, 1.54) is 0 Å². The van der Waals surface area contributed by atoms with Gasteiger partial charge in [0.25, 0.3) is 0 Å². The summed E-state index contributed by atoms with van der Waals surface area (Å²) >= 11 is -3.44. The number of hydrogen-bond donors (Lipinski definition) is 2. The van der Waals surface area contributed by atoms with Crippen LogP contribution < -0.4 is 63.2 Å². The van der Waals surface area contributed by atoms with Gasteiger partial charge >= 0.3 is 87.1 Å². The fraction of sp³-hybridized carbons (Fsp3) is 0. The van der Waals surface area contributed by atoms with Gasteiger partial charge in [-0.3, -0.25) is 0 Å². The van der Waals surface area contributed by atoms with Crippen LogP contribution in [-0.2, 0) is 0 Å². The molecule has 0 saturated carbocycles. The zero-order valence-electron chi connectivity index (χ0n) is 4.20. The molecule has 4 nitrogen and oxygen atoms in total. The Labute approximate surface area is 91.1 Å². The van der Waals surface area contributed by atoms with Gasteiger partial charge in [-0.1, -0.05) is 0 Å². The van der Waals surface area contributed by atoms with Crippen molar-refractivity contribution in [2.45, 2.75) is 0 Å². The van der Waals surface area contributed by atoms with Crippen molar-refractivity contribution in [3.63, 3.8) is 0 Å². The van der Waals surface area contributed by atoms with Crippen LogP contribution in [0.2, 0.25) is 0 Å². The van der Waals surface area contributed by atoms with Gasteiger partial charge in [-0.2, -0.15) is 0 Å². The molecule has 0 aromatic rings. The van der Waals surface area contributed by atoms with Crippen LogP contribution in [0.4, 0.5) is 0 Å². The Morgan fingerprint density at radius 2 is 1.14 bits per heavy atom. The van der Waals surface area contributed by atoms with E-state index in [1.54, 1.807) is 0 Å². The van der Waals surface area contributed by atoms with Crippen molar-refractivity contribution >= 4 is 15.7 Å². The molecular formula is H3AsNa2O4. The molecule has 0 heterocycles. The van der Waals surface area contributed by atoms with Gasteiger partial charge in [0.05, 0.1) is 0 Å². The average molecular weight is 188 g/mol. The van der Waals surface area contributed by atoms with Crippen LogP contribution in [0, 0.1) is 0 Å². The Bertz CT molecular complexity index is 14.4. The minimum absolute atomic E-state index is 0. The van der Waals surface area contributed by atoms with Crippen molar-refractivity contribution in [3.05, 3.63) is 0 Å². The molecule has 34 valence electrons. The van der Waals surface area contributed by atoms with Gasteiger partial charge in [-0.05, 0) is 0 Å². The van der Waals surface area contributed by atoms with Crippen molar-refractivity contribution < 1.29 is 76.9 Å². The van der Waals surface area contributed by atoms with E-state index in [4.69, 9.17) is 12.3 Å². The smallest absolute Gasteiger partial charge is 0.870 e. The van der Waals surface area contributed by atoms with Gasteiger partial charge in [0.1, 0.15) is 0 Å². The van der Waals surface area contributed by atoms with Gasteiger partial charge in [0.2, 0.25) is 0 Å². The molecule has 0 unspecified atom stereocenters. The fourth-order valence-electron chi connectivity index (χ4n) is 0. The predicted octanol–water partition coefficient (Wildman–Crippen LogP) is -8.85. The third-order valence-corrected chi connectivity index (χ3v) is 0. The topological polar surface area (TPSA) is 93.5 Å². The van der Waals surface area contributed by atoms with Gasteiger partial charge < -0.3 is 5.48 Å². The zero-order chi connectivity index (χ0) is 3.58. The second-order valence-electron chi connectivity index (χ2n) is 0.253. The Balaban J connectivity index is -0.0000000150. The van der Waals surface area contributed by atoms with Crippen LogP contribution in [0.25, 0.3) is 0 Å². The molecule has 0 saturated heterocycles. The summed E-state index contributed by atoms with van der Waals surface area (Å²) in [6.45, 7) is 0. The van der Waals surface area contributed by atoms with E-state index in [9.17, 15) is 0 Å². The summed E-state index contributed by atoms with van der Waals surface area (Å²) in [6, 6.07) is 0. The third kappa shape index (κ3) is 59.8. The largest absolute Gasteiger partial charge is 0.870 e. The number of hydrogen-bond acceptors (Lipinski definition) is 4. The molecule has 0 aliphatic rings. The first kappa shape index (κ1) is 22.7. The minimum Gasteiger partial charge on any atom is -0.870 e. The first-order valence-electron chi connectivity index (χ1n) is 0.583. The van der Waals surface area contributed by atoms with E-state index >= 15 is 0 Å². The van der Waals surface area contributed by atoms with Gasteiger partial charge in [-0.15, -0.1) is 0 Å². The summed E-state index contributed by atoms with van der Waals surface area (Å²) in [6.07, 6.45) is 0. The monoisotopic (exact) mass is 188 g/mol. The van der Waals surface area contributed by atoms with E-state index in [1.807, 2.05) is 0 Å². The van der Waals surface area contributed by atoms with Crippen molar-refractivity contribution in [2.24, 2.45) is 0 Å². The Hall–Kier alpha value is 2.40. The molecule has 3 N–H and O–H groups in total. The summed E-state index contributed by atoms with van der Waals surface area (Å²) in [5, 5.41) is 0. The van der Waals surface area contributed by atoms with E-state index in [2.05, 4.69) is 0 Å². The summed E-state index contributed by atoms with van der Waals surface area (Å²) in [7, 11) is 0. The normalized spacial score (nSPS) is 5.14. The second kappa shape index (κ2) is 15.8. The van der Waals surface area contributed by atoms with Crippen molar-refractivity contribution in [3.8, 4) is 0 Å². The zero-order valence-corrected chi connectivity index (χ0v) is 10.1. The molecule has 0 aromatic carbocycles. The van der Waals surface area contributed by atoms with Gasteiger partial charge in [0.15, 0.2) is 0 Å². The van der Waals surface area contributed by atoms with Crippen molar-refractivity contribution in [1.82, 2.24) is 0 Å². The molecule has 0 spiro atoms. The Morgan fingerprint density at radius 1 is 1.14 bits per heavy atom.